The lowest BCUT2D eigenvalue weighted by Crippen LogP contribution is -2.54. The third-order valence-electron chi connectivity index (χ3n) is 8.50. The molecule has 4 heterocycles. The Morgan fingerprint density at radius 2 is 1.91 bits per heavy atom. The van der Waals surface area contributed by atoms with E-state index in [2.05, 4.69) is 22.3 Å². The largest absolute Gasteiger partial charge is 0.394 e. The van der Waals surface area contributed by atoms with Crippen molar-refractivity contribution in [1.82, 2.24) is 9.97 Å². The minimum absolute atomic E-state index is 0.0806. The zero-order valence-electron chi connectivity index (χ0n) is 17.8. The van der Waals surface area contributed by atoms with Crippen LogP contribution in [0.4, 0.5) is 11.8 Å². The molecule has 0 radical (unpaired) electrons. The van der Waals surface area contributed by atoms with Gasteiger partial charge in [-0.25, -0.2) is 4.98 Å². The second-order valence-electron chi connectivity index (χ2n) is 10.4. The number of rotatable bonds is 5. The number of aromatic nitrogens is 2. The van der Waals surface area contributed by atoms with Crippen molar-refractivity contribution in [2.45, 2.75) is 59.6 Å². The van der Waals surface area contributed by atoms with Crippen LogP contribution in [0.1, 0.15) is 55.2 Å². The smallest absolute Gasteiger partial charge is 0.227 e. The summed E-state index contributed by atoms with van der Waals surface area (Å²) in [6, 6.07) is 8.33. The average Bonchev–Trinajstić information content (AvgIpc) is 3.52. The lowest BCUT2D eigenvalue weighted by Gasteiger charge is -2.54. The molecule has 2 bridgehead atoms. The molecule has 5 fully saturated rings. The second-order valence-corrected chi connectivity index (χ2v) is 12.5. The average molecular weight is 471 g/mol. The van der Waals surface area contributed by atoms with Crippen LogP contribution in [0.25, 0.3) is 0 Å². The molecule has 0 spiro atoms. The first-order chi connectivity index (χ1) is 15.5. The van der Waals surface area contributed by atoms with E-state index in [1.165, 1.54) is 12.0 Å². The number of hydrogen-bond donors (Lipinski definition) is 2. The summed E-state index contributed by atoms with van der Waals surface area (Å²) in [6.45, 7) is 1.98. The fourth-order valence-electron chi connectivity index (χ4n) is 6.44. The molecule has 3 aliphatic heterocycles. The molecule has 2 saturated heterocycles. The Kier molecular flexibility index (Phi) is 4.26. The van der Waals surface area contributed by atoms with Gasteiger partial charge in [-0.3, -0.25) is 4.21 Å². The van der Waals surface area contributed by atoms with Crippen LogP contribution in [0.15, 0.2) is 29.2 Å². The summed E-state index contributed by atoms with van der Waals surface area (Å²) in [6.07, 6.45) is 5.18. The minimum atomic E-state index is -1.04. The van der Waals surface area contributed by atoms with Crippen molar-refractivity contribution < 1.29 is 9.32 Å². The number of nitrogens with zero attached hydrogens (tertiary/aromatic N) is 3. The maximum Gasteiger partial charge on any atom is 0.227 e. The third-order valence-corrected chi connectivity index (χ3v) is 10.6. The standard InChI is InChI=1S/C24H27ClN4O2S/c25-16-4-2-13(3-5-16)19-14-8-15(19)11-29(10-14)23-26-20-17-9-18(17)32(31)21(20)22(27-23)28-24(12-30)6-1-7-24/h2-5,14-15,17-19,30H,1,6-12H2,(H,26,27,28). The molecule has 8 heteroatoms. The molecule has 5 unspecified atom stereocenters. The molecule has 2 aromatic rings. The van der Waals surface area contributed by atoms with E-state index in [-0.39, 0.29) is 17.4 Å². The lowest BCUT2D eigenvalue weighted by molar-refractivity contribution is 0.110. The SMILES string of the molecule is O=S1c2c(NC3(CO)CCC3)nc(N3CC4CC(C3)C4c3ccc(Cl)cc3)nc2C2CC21. The molecule has 8 rings (SSSR count). The maximum absolute atomic E-state index is 13.0. The normalized spacial score (nSPS) is 35.4. The molecule has 32 heavy (non-hydrogen) atoms. The van der Waals surface area contributed by atoms with Crippen molar-refractivity contribution >= 4 is 34.2 Å². The number of hydrogen-bond acceptors (Lipinski definition) is 6. The highest BCUT2D eigenvalue weighted by molar-refractivity contribution is 7.86. The molecule has 3 aliphatic carbocycles. The van der Waals surface area contributed by atoms with Crippen molar-refractivity contribution in [2.75, 3.05) is 29.9 Å². The van der Waals surface area contributed by atoms with Gasteiger partial charge >= 0.3 is 0 Å². The van der Waals surface area contributed by atoms with Crippen molar-refractivity contribution in [2.24, 2.45) is 11.8 Å². The van der Waals surface area contributed by atoms with Crippen molar-refractivity contribution in [3.63, 3.8) is 0 Å². The van der Waals surface area contributed by atoms with Gasteiger partial charge in [0.25, 0.3) is 0 Å². The Labute approximate surface area is 195 Å². The van der Waals surface area contributed by atoms with E-state index in [1.807, 2.05) is 12.1 Å². The first-order valence-electron chi connectivity index (χ1n) is 11.8. The Bertz CT molecular complexity index is 1100. The number of halogens is 1. The predicted molar refractivity (Wildman–Crippen MR) is 125 cm³/mol. The van der Waals surface area contributed by atoms with E-state index in [9.17, 15) is 9.32 Å². The zero-order valence-corrected chi connectivity index (χ0v) is 19.4. The van der Waals surface area contributed by atoms with Crippen LogP contribution in [0, 0.1) is 11.8 Å². The van der Waals surface area contributed by atoms with E-state index in [0.29, 0.717) is 29.5 Å². The molecular formula is C24H27ClN4O2S. The predicted octanol–water partition coefficient (Wildman–Crippen LogP) is 3.67. The zero-order chi connectivity index (χ0) is 21.6. The molecule has 0 amide bonds. The molecule has 168 valence electrons. The summed E-state index contributed by atoms with van der Waals surface area (Å²) >= 11 is 6.09. The second kappa shape index (κ2) is 6.90. The lowest BCUT2D eigenvalue weighted by atomic mass is 9.59. The number of aliphatic hydroxyl groups excluding tert-OH is 1. The Morgan fingerprint density at radius 1 is 1.16 bits per heavy atom. The van der Waals surface area contributed by atoms with Crippen LogP contribution >= 0.6 is 11.6 Å². The monoisotopic (exact) mass is 470 g/mol. The highest BCUT2D eigenvalue weighted by Crippen LogP contribution is 2.57. The Balaban J connectivity index is 1.19. The first kappa shape index (κ1) is 19.7. The van der Waals surface area contributed by atoms with Crippen molar-refractivity contribution in [1.29, 1.82) is 0 Å². The van der Waals surface area contributed by atoms with Crippen LogP contribution in [0.2, 0.25) is 5.02 Å². The molecule has 2 N–H and O–H groups in total. The van der Waals surface area contributed by atoms with Crippen LogP contribution in [0.5, 0.6) is 0 Å². The number of fused-ring (bicyclic) bond motifs is 5. The summed E-state index contributed by atoms with van der Waals surface area (Å²) in [4.78, 5) is 13.0. The summed E-state index contributed by atoms with van der Waals surface area (Å²) in [5.74, 6) is 3.58. The van der Waals surface area contributed by atoms with E-state index in [0.717, 1.165) is 60.3 Å². The van der Waals surface area contributed by atoms with Gasteiger partial charge in [0.1, 0.15) is 10.7 Å². The Hall–Kier alpha value is -1.70. The number of aliphatic hydroxyl groups is 1. The van der Waals surface area contributed by atoms with Crippen LogP contribution in [-0.2, 0) is 10.8 Å². The van der Waals surface area contributed by atoms with Crippen LogP contribution < -0.4 is 10.2 Å². The van der Waals surface area contributed by atoms with E-state index < -0.39 is 10.8 Å². The van der Waals surface area contributed by atoms with Gasteiger partial charge in [0.15, 0.2) is 0 Å². The fourth-order valence-corrected chi connectivity index (χ4v) is 8.37. The molecule has 1 aromatic carbocycles. The molecule has 6 aliphatic rings. The van der Waals surface area contributed by atoms with Gasteiger partial charge in [-0.1, -0.05) is 23.7 Å². The van der Waals surface area contributed by atoms with Gasteiger partial charge in [-0.15, -0.1) is 0 Å². The third kappa shape index (κ3) is 2.83. The number of piperidine rings is 2. The van der Waals surface area contributed by atoms with Crippen LogP contribution in [0.3, 0.4) is 0 Å². The molecule has 3 saturated carbocycles. The minimum Gasteiger partial charge on any atom is -0.394 e. The highest BCUT2D eigenvalue weighted by Gasteiger charge is 2.55. The van der Waals surface area contributed by atoms with E-state index in [1.54, 1.807) is 0 Å². The first-order valence-corrected chi connectivity index (χ1v) is 13.4. The summed E-state index contributed by atoms with van der Waals surface area (Å²) in [5.41, 5.74) is 2.06. The molecular weight excluding hydrogens is 444 g/mol. The van der Waals surface area contributed by atoms with Crippen molar-refractivity contribution in [3.8, 4) is 0 Å². The van der Waals surface area contributed by atoms with Crippen molar-refractivity contribution in [3.05, 3.63) is 40.5 Å². The highest BCUT2D eigenvalue weighted by atomic mass is 35.5. The molecule has 6 nitrogen and oxygen atoms in total. The Morgan fingerprint density at radius 3 is 2.56 bits per heavy atom. The fraction of sp³-hybridized carbons (Fsp3) is 0.583. The van der Waals surface area contributed by atoms with Gasteiger partial charge in [-0.2, -0.15) is 4.98 Å². The summed E-state index contributed by atoms with van der Waals surface area (Å²) in [7, 11) is -1.04. The topological polar surface area (TPSA) is 78.3 Å². The van der Waals surface area contributed by atoms with Crippen LogP contribution in [-0.4, -0.2) is 49.8 Å². The quantitative estimate of drug-likeness (QED) is 0.694. The van der Waals surface area contributed by atoms with Gasteiger partial charge in [-0.05, 0) is 67.6 Å². The van der Waals surface area contributed by atoms with Gasteiger partial charge in [0, 0.05) is 29.3 Å². The van der Waals surface area contributed by atoms with E-state index in [4.69, 9.17) is 21.6 Å². The number of nitrogens with one attached hydrogen (secondary N) is 1. The molecule has 5 atom stereocenters. The summed E-state index contributed by atoms with van der Waals surface area (Å²) in [5, 5.41) is 14.5. The van der Waals surface area contributed by atoms with E-state index >= 15 is 0 Å². The summed E-state index contributed by atoms with van der Waals surface area (Å²) < 4.78 is 13.0. The van der Waals surface area contributed by atoms with Gasteiger partial charge in [0.05, 0.1) is 28.6 Å². The van der Waals surface area contributed by atoms with Gasteiger partial charge < -0.3 is 15.3 Å². The maximum atomic E-state index is 13.0. The number of benzene rings is 1. The van der Waals surface area contributed by atoms with Gasteiger partial charge in [0.2, 0.25) is 5.95 Å². The number of anilines is 2. The molecule has 1 aromatic heterocycles.